The minimum Gasteiger partial charge on any atom is -0.480 e. The van der Waals surface area contributed by atoms with E-state index in [1.165, 1.54) is 6.07 Å². The Kier molecular flexibility index (Phi) is 2.36. The molecule has 5 nitrogen and oxygen atoms in total. The summed E-state index contributed by atoms with van der Waals surface area (Å²) in [5.41, 5.74) is 5.53. The lowest BCUT2D eigenvalue weighted by molar-refractivity contribution is -0.137. The molecule has 0 aliphatic carbocycles. The number of anilines is 1. The molecule has 1 heterocycles. The van der Waals surface area contributed by atoms with Gasteiger partial charge in [-0.2, -0.15) is 0 Å². The van der Waals surface area contributed by atoms with Crippen LogP contribution < -0.4 is 11.3 Å². The summed E-state index contributed by atoms with van der Waals surface area (Å²) >= 11 is 0. The lowest BCUT2D eigenvalue weighted by atomic mass is 10.3. The van der Waals surface area contributed by atoms with Crippen LogP contribution in [0.15, 0.2) is 16.9 Å². The molecule has 1 rings (SSSR count). The zero-order chi connectivity index (χ0) is 10.0. The van der Waals surface area contributed by atoms with Crippen LogP contribution in [0.5, 0.6) is 0 Å². The zero-order valence-corrected chi connectivity index (χ0v) is 7.15. The van der Waals surface area contributed by atoms with Gasteiger partial charge in [-0.15, -0.1) is 0 Å². The van der Waals surface area contributed by atoms with Gasteiger partial charge >= 0.3 is 5.97 Å². The number of carbonyl (C=O) groups is 1. The van der Waals surface area contributed by atoms with E-state index in [0.717, 1.165) is 4.57 Å². The van der Waals surface area contributed by atoms with E-state index in [4.69, 9.17) is 10.8 Å². The van der Waals surface area contributed by atoms with Crippen LogP contribution in [0.2, 0.25) is 0 Å². The number of nitrogen functional groups attached to an aromatic ring is 1. The first-order valence-electron chi connectivity index (χ1n) is 3.70. The van der Waals surface area contributed by atoms with Crippen LogP contribution in [0, 0.1) is 6.92 Å². The van der Waals surface area contributed by atoms with Gasteiger partial charge in [0.15, 0.2) is 0 Å². The van der Waals surface area contributed by atoms with Gasteiger partial charge in [0, 0.05) is 5.69 Å². The molecule has 0 saturated heterocycles. The molecule has 0 radical (unpaired) electrons. The van der Waals surface area contributed by atoms with Crippen molar-refractivity contribution in [3.05, 3.63) is 28.2 Å². The summed E-state index contributed by atoms with van der Waals surface area (Å²) in [6.07, 6.45) is 0. The lowest BCUT2D eigenvalue weighted by Gasteiger charge is -2.06. The molecular formula is C8H10N2O3. The first-order valence-corrected chi connectivity index (χ1v) is 3.70. The average molecular weight is 182 g/mol. The Hall–Kier alpha value is -1.78. The monoisotopic (exact) mass is 182 g/mol. The van der Waals surface area contributed by atoms with Crippen LogP contribution in [0.4, 0.5) is 5.69 Å². The molecule has 1 aromatic heterocycles. The Morgan fingerprint density at radius 2 is 2.23 bits per heavy atom. The van der Waals surface area contributed by atoms with Gasteiger partial charge in [-0.1, -0.05) is 0 Å². The van der Waals surface area contributed by atoms with Crippen LogP contribution in [0.25, 0.3) is 0 Å². The summed E-state index contributed by atoms with van der Waals surface area (Å²) in [4.78, 5) is 21.7. The first-order chi connectivity index (χ1) is 6.02. The maximum atomic E-state index is 11.3. The topological polar surface area (TPSA) is 85.3 Å². The number of carboxylic acids is 1. The number of carboxylic acid groups (broad SMARTS) is 1. The Labute approximate surface area is 74.4 Å². The van der Waals surface area contributed by atoms with Crippen LogP contribution in [0.1, 0.15) is 5.69 Å². The normalized spacial score (nSPS) is 9.92. The highest BCUT2D eigenvalue weighted by atomic mass is 16.4. The molecule has 5 heteroatoms. The third-order valence-electron chi connectivity index (χ3n) is 1.72. The molecule has 3 N–H and O–H groups in total. The minimum absolute atomic E-state index is 0.0619. The van der Waals surface area contributed by atoms with Gasteiger partial charge in [0.2, 0.25) is 0 Å². The summed E-state index contributed by atoms with van der Waals surface area (Å²) in [6, 6.07) is 3.08. The zero-order valence-electron chi connectivity index (χ0n) is 7.15. The number of nitrogens with zero attached hydrogens (tertiary/aromatic N) is 1. The van der Waals surface area contributed by atoms with Crippen molar-refractivity contribution in [2.45, 2.75) is 13.5 Å². The molecule has 0 fully saturated rings. The largest absolute Gasteiger partial charge is 0.480 e. The predicted molar refractivity (Wildman–Crippen MR) is 47.5 cm³/mol. The van der Waals surface area contributed by atoms with Gasteiger partial charge < -0.3 is 10.8 Å². The third-order valence-corrected chi connectivity index (χ3v) is 1.72. The highest BCUT2D eigenvalue weighted by molar-refractivity contribution is 5.66. The van der Waals surface area contributed by atoms with Crippen molar-refractivity contribution >= 4 is 11.7 Å². The number of hydrogen-bond acceptors (Lipinski definition) is 3. The van der Waals surface area contributed by atoms with E-state index in [2.05, 4.69) is 0 Å². The number of nitrogens with two attached hydrogens (primary N) is 1. The van der Waals surface area contributed by atoms with Crippen molar-refractivity contribution in [3.8, 4) is 0 Å². The summed E-state index contributed by atoms with van der Waals surface area (Å²) in [5, 5.41) is 8.51. The van der Waals surface area contributed by atoms with E-state index in [-0.39, 0.29) is 12.2 Å². The lowest BCUT2D eigenvalue weighted by Crippen LogP contribution is -2.27. The van der Waals surface area contributed by atoms with Gasteiger partial charge in [-0.05, 0) is 19.1 Å². The smallest absolute Gasteiger partial charge is 0.323 e. The average Bonchev–Trinajstić information content (AvgIpc) is 2.05. The molecular weight excluding hydrogens is 172 g/mol. The van der Waals surface area contributed by atoms with Crippen LogP contribution in [-0.2, 0) is 11.3 Å². The fourth-order valence-corrected chi connectivity index (χ4v) is 1.02. The number of aromatic nitrogens is 1. The summed E-state index contributed by atoms with van der Waals surface area (Å²) < 4.78 is 1.12. The van der Waals surface area contributed by atoms with Crippen molar-refractivity contribution in [2.75, 3.05) is 5.73 Å². The second-order valence-corrected chi connectivity index (χ2v) is 2.72. The molecule has 0 saturated carbocycles. The van der Waals surface area contributed by atoms with E-state index >= 15 is 0 Å². The summed E-state index contributed by atoms with van der Waals surface area (Å²) in [7, 11) is 0. The number of aliphatic carboxylic acids is 1. The Bertz CT molecular complexity index is 395. The van der Waals surface area contributed by atoms with Crippen molar-refractivity contribution in [1.82, 2.24) is 4.57 Å². The molecule has 0 aliphatic rings. The standard InChI is InChI=1S/C8H10N2O3/c1-5-2-3-6(9)8(13)10(5)4-7(11)12/h2-3H,4,9H2,1H3,(H,11,12). The number of pyridine rings is 1. The SMILES string of the molecule is Cc1ccc(N)c(=O)n1CC(=O)O. The molecule has 0 spiro atoms. The Morgan fingerprint density at radius 3 is 2.77 bits per heavy atom. The Balaban J connectivity index is 3.26. The van der Waals surface area contributed by atoms with E-state index in [9.17, 15) is 9.59 Å². The Morgan fingerprint density at radius 1 is 1.62 bits per heavy atom. The van der Waals surface area contributed by atoms with Crippen molar-refractivity contribution < 1.29 is 9.90 Å². The van der Waals surface area contributed by atoms with Gasteiger partial charge in [0.1, 0.15) is 6.54 Å². The van der Waals surface area contributed by atoms with E-state index < -0.39 is 11.5 Å². The maximum absolute atomic E-state index is 11.3. The number of rotatable bonds is 2. The van der Waals surface area contributed by atoms with Crippen molar-refractivity contribution in [2.24, 2.45) is 0 Å². The molecule has 0 amide bonds. The van der Waals surface area contributed by atoms with E-state index in [1.807, 2.05) is 0 Å². The second-order valence-electron chi connectivity index (χ2n) is 2.72. The molecule has 0 bridgehead atoms. The van der Waals surface area contributed by atoms with E-state index in [0.29, 0.717) is 5.69 Å². The quantitative estimate of drug-likeness (QED) is 0.664. The van der Waals surface area contributed by atoms with Gasteiger partial charge in [0.25, 0.3) is 5.56 Å². The number of aryl methyl sites for hydroxylation is 1. The predicted octanol–water partition coefficient (Wildman–Crippen LogP) is -0.176. The molecule has 70 valence electrons. The number of hydrogen-bond donors (Lipinski definition) is 2. The highest BCUT2D eigenvalue weighted by Crippen LogP contribution is 1.98. The molecule has 0 atom stereocenters. The van der Waals surface area contributed by atoms with Crippen molar-refractivity contribution in [1.29, 1.82) is 0 Å². The van der Waals surface area contributed by atoms with Crippen LogP contribution >= 0.6 is 0 Å². The minimum atomic E-state index is -1.06. The van der Waals surface area contributed by atoms with Gasteiger partial charge in [0.05, 0.1) is 5.69 Å². The van der Waals surface area contributed by atoms with Crippen LogP contribution in [0.3, 0.4) is 0 Å². The third kappa shape index (κ3) is 1.87. The molecule has 0 unspecified atom stereocenters. The van der Waals surface area contributed by atoms with Crippen molar-refractivity contribution in [3.63, 3.8) is 0 Å². The highest BCUT2D eigenvalue weighted by Gasteiger charge is 2.06. The summed E-state index contributed by atoms with van der Waals surface area (Å²) in [6.45, 7) is 1.31. The first kappa shape index (κ1) is 9.31. The maximum Gasteiger partial charge on any atom is 0.323 e. The fraction of sp³-hybridized carbons (Fsp3) is 0.250. The van der Waals surface area contributed by atoms with Crippen LogP contribution in [-0.4, -0.2) is 15.6 Å². The molecule has 0 aromatic carbocycles. The summed E-state index contributed by atoms with van der Waals surface area (Å²) in [5.74, 6) is -1.06. The van der Waals surface area contributed by atoms with Gasteiger partial charge in [-0.3, -0.25) is 14.2 Å². The molecule has 13 heavy (non-hydrogen) atoms. The second kappa shape index (κ2) is 3.30. The molecule has 0 aliphatic heterocycles. The van der Waals surface area contributed by atoms with E-state index in [1.54, 1.807) is 13.0 Å². The van der Waals surface area contributed by atoms with Gasteiger partial charge in [-0.25, -0.2) is 0 Å². The molecule has 1 aromatic rings. The fourth-order valence-electron chi connectivity index (χ4n) is 1.02.